The van der Waals surface area contributed by atoms with Crippen molar-refractivity contribution in [3.63, 3.8) is 0 Å². The van der Waals surface area contributed by atoms with E-state index in [1.165, 1.54) is 0 Å². The van der Waals surface area contributed by atoms with Gasteiger partial charge >= 0.3 is 0 Å². The van der Waals surface area contributed by atoms with Crippen molar-refractivity contribution in [1.82, 2.24) is 20.2 Å². The summed E-state index contributed by atoms with van der Waals surface area (Å²) in [5.74, 6) is 0.769. The van der Waals surface area contributed by atoms with Crippen LogP contribution >= 0.6 is 23.2 Å². The molecule has 0 spiro atoms. The predicted molar refractivity (Wildman–Crippen MR) is 79.5 cm³/mol. The fourth-order valence-electron chi connectivity index (χ4n) is 1.94. The zero-order chi connectivity index (χ0) is 14.1. The molecule has 3 rings (SSSR count). The summed E-state index contributed by atoms with van der Waals surface area (Å²) in [6, 6.07) is 6.98. The van der Waals surface area contributed by atoms with Gasteiger partial charge in [-0.15, -0.1) is 0 Å². The first-order chi connectivity index (χ1) is 9.68. The zero-order valence-corrected chi connectivity index (χ0v) is 11.7. The van der Waals surface area contributed by atoms with E-state index in [1.807, 2.05) is 0 Å². The first kappa shape index (κ1) is 12.9. The fraction of sp³-hybridized carbons (Fsp3) is 0. The average Bonchev–Trinajstić information content (AvgIpc) is 2.82. The monoisotopic (exact) mass is 305 g/mol. The number of nitrogens with one attached hydrogen (secondary N) is 1. The summed E-state index contributed by atoms with van der Waals surface area (Å²) in [6.45, 7) is 0. The van der Waals surface area contributed by atoms with Crippen molar-refractivity contribution in [2.45, 2.75) is 0 Å². The van der Waals surface area contributed by atoms with E-state index < -0.39 is 0 Å². The molecule has 0 saturated carbocycles. The third-order valence-corrected chi connectivity index (χ3v) is 3.43. The maximum Gasteiger partial charge on any atom is 0.178 e. The zero-order valence-electron chi connectivity index (χ0n) is 10.1. The van der Waals surface area contributed by atoms with Crippen LogP contribution in [0.4, 0.5) is 5.82 Å². The highest BCUT2D eigenvalue weighted by atomic mass is 35.5. The Kier molecular flexibility index (Phi) is 3.30. The van der Waals surface area contributed by atoms with E-state index >= 15 is 0 Å². The summed E-state index contributed by atoms with van der Waals surface area (Å²) >= 11 is 12.5. The van der Waals surface area contributed by atoms with Gasteiger partial charge in [-0.2, -0.15) is 5.10 Å². The van der Waals surface area contributed by atoms with Crippen molar-refractivity contribution in [2.24, 2.45) is 0 Å². The van der Waals surface area contributed by atoms with E-state index in [0.717, 1.165) is 0 Å². The summed E-state index contributed by atoms with van der Waals surface area (Å²) in [6.07, 6.45) is 3.27. The average molecular weight is 306 g/mol. The molecule has 3 aromatic rings. The molecule has 0 amide bonds. The molecular weight excluding hydrogens is 297 g/mol. The smallest absolute Gasteiger partial charge is 0.178 e. The minimum absolute atomic E-state index is 0.294. The SMILES string of the molecule is Nc1n[nH]c(-c2ncccn2)c1-c1c(Cl)cccc1Cl. The number of hydrogen-bond donors (Lipinski definition) is 2. The first-order valence-electron chi connectivity index (χ1n) is 5.74. The Hall–Kier alpha value is -2.11. The maximum absolute atomic E-state index is 6.23. The largest absolute Gasteiger partial charge is 0.382 e. The van der Waals surface area contributed by atoms with E-state index in [1.54, 1.807) is 36.7 Å². The van der Waals surface area contributed by atoms with Gasteiger partial charge in [-0.05, 0) is 18.2 Å². The molecule has 0 saturated heterocycles. The topological polar surface area (TPSA) is 80.5 Å². The number of nitrogens with two attached hydrogens (primary N) is 1. The minimum Gasteiger partial charge on any atom is -0.382 e. The van der Waals surface area contributed by atoms with Crippen LogP contribution in [0.1, 0.15) is 0 Å². The summed E-state index contributed by atoms with van der Waals surface area (Å²) in [7, 11) is 0. The van der Waals surface area contributed by atoms with Gasteiger partial charge < -0.3 is 5.73 Å². The summed E-state index contributed by atoms with van der Waals surface area (Å²) < 4.78 is 0. The number of rotatable bonds is 2. The van der Waals surface area contributed by atoms with Gasteiger partial charge in [-0.25, -0.2) is 9.97 Å². The van der Waals surface area contributed by atoms with E-state index in [9.17, 15) is 0 Å². The predicted octanol–water partition coefficient (Wildman–Crippen LogP) is 3.42. The van der Waals surface area contributed by atoms with Crippen molar-refractivity contribution in [3.05, 3.63) is 46.7 Å². The molecule has 0 aliphatic rings. The molecule has 7 heteroatoms. The van der Waals surface area contributed by atoms with E-state index in [2.05, 4.69) is 20.2 Å². The van der Waals surface area contributed by atoms with Crippen molar-refractivity contribution in [3.8, 4) is 22.6 Å². The fourth-order valence-corrected chi connectivity index (χ4v) is 2.52. The summed E-state index contributed by atoms with van der Waals surface area (Å²) in [5.41, 5.74) is 7.73. The molecular formula is C13H9Cl2N5. The lowest BCUT2D eigenvalue weighted by Crippen LogP contribution is -1.93. The van der Waals surface area contributed by atoms with Gasteiger partial charge in [-0.3, -0.25) is 5.10 Å². The van der Waals surface area contributed by atoms with E-state index in [-0.39, 0.29) is 0 Å². The van der Waals surface area contributed by atoms with Crippen molar-refractivity contribution in [1.29, 1.82) is 0 Å². The highest BCUT2D eigenvalue weighted by Crippen LogP contribution is 2.41. The number of halogens is 2. The molecule has 0 aliphatic heterocycles. The number of aromatic nitrogens is 4. The Balaban J connectivity index is 2.28. The number of benzene rings is 1. The summed E-state index contributed by atoms with van der Waals surface area (Å²) in [5, 5.41) is 7.81. The van der Waals surface area contributed by atoms with Crippen LogP contribution in [0.2, 0.25) is 10.0 Å². The molecule has 0 fully saturated rings. The Morgan fingerprint density at radius 3 is 2.25 bits per heavy atom. The molecule has 2 aromatic heterocycles. The Morgan fingerprint density at radius 2 is 1.60 bits per heavy atom. The number of aromatic amines is 1. The molecule has 20 heavy (non-hydrogen) atoms. The van der Waals surface area contributed by atoms with Crippen molar-refractivity contribution >= 4 is 29.0 Å². The van der Waals surface area contributed by atoms with Crippen molar-refractivity contribution < 1.29 is 0 Å². The molecule has 100 valence electrons. The van der Waals surface area contributed by atoms with Gasteiger partial charge in [0.1, 0.15) is 5.69 Å². The molecule has 2 heterocycles. The second kappa shape index (κ2) is 5.11. The van der Waals surface area contributed by atoms with Crippen LogP contribution in [0.5, 0.6) is 0 Å². The van der Waals surface area contributed by atoms with Crippen LogP contribution < -0.4 is 5.73 Å². The Labute approximate surface area is 124 Å². The second-order valence-corrected chi connectivity index (χ2v) is 4.84. The van der Waals surface area contributed by atoms with Crippen LogP contribution in [-0.2, 0) is 0 Å². The number of hydrogen-bond acceptors (Lipinski definition) is 4. The third-order valence-electron chi connectivity index (χ3n) is 2.80. The molecule has 5 nitrogen and oxygen atoms in total. The third kappa shape index (κ3) is 2.11. The molecule has 3 N–H and O–H groups in total. The minimum atomic E-state index is 0.294. The standard InChI is InChI=1S/C13H9Cl2N5/c14-7-3-1-4-8(15)9(7)10-11(19-20-12(10)16)13-17-5-2-6-18-13/h1-6H,(H3,16,19,20). The number of anilines is 1. The molecule has 0 radical (unpaired) electrons. The molecule has 0 aliphatic carbocycles. The van der Waals surface area contributed by atoms with Crippen LogP contribution in [0, 0.1) is 0 Å². The number of nitrogens with zero attached hydrogens (tertiary/aromatic N) is 3. The van der Waals surface area contributed by atoms with E-state index in [0.29, 0.717) is 38.5 Å². The van der Waals surface area contributed by atoms with Gasteiger partial charge in [0.2, 0.25) is 0 Å². The Bertz CT molecular complexity index is 734. The lowest BCUT2D eigenvalue weighted by atomic mass is 10.0. The molecule has 1 aromatic carbocycles. The number of nitrogen functional groups attached to an aromatic ring is 1. The highest BCUT2D eigenvalue weighted by molar-refractivity contribution is 6.39. The van der Waals surface area contributed by atoms with Gasteiger partial charge in [-0.1, -0.05) is 29.3 Å². The van der Waals surface area contributed by atoms with Gasteiger partial charge in [0.25, 0.3) is 0 Å². The normalized spacial score (nSPS) is 10.7. The van der Waals surface area contributed by atoms with Crippen LogP contribution in [0.3, 0.4) is 0 Å². The Morgan fingerprint density at radius 1 is 0.950 bits per heavy atom. The van der Waals surface area contributed by atoms with Crippen LogP contribution in [0.15, 0.2) is 36.7 Å². The van der Waals surface area contributed by atoms with Gasteiger partial charge in [0.05, 0.1) is 15.6 Å². The molecule has 0 bridgehead atoms. The quantitative estimate of drug-likeness (QED) is 0.760. The molecule has 0 atom stereocenters. The summed E-state index contributed by atoms with van der Waals surface area (Å²) in [4.78, 5) is 8.37. The first-order valence-corrected chi connectivity index (χ1v) is 6.49. The second-order valence-electron chi connectivity index (χ2n) is 4.03. The van der Waals surface area contributed by atoms with Crippen LogP contribution in [-0.4, -0.2) is 20.2 Å². The van der Waals surface area contributed by atoms with E-state index in [4.69, 9.17) is 28.9 Å². The van der Waals surface area contributed by atoms with Crippen LogP contribution in [0.25, 0.3) is 22.6 Å². The number of H-pyrrole nitrogens is 1. The maximum atomic E-state index is 6.23. The molecule has 0 unspecified atom stereocenters. The van der Waals surface area contributed by atoms with Crippen molar-refractivity contribution in [2.75, 3.05) is 5.73 Å². The highest BCUT2D eigenvalue weighted by Gasteiger charge is 2.20. The van der Waals surface area contributed by atoms with Gasteiger partial charge in [0.15, 0.2) is 11.6 Å². The lowest BCUT2D eigenvalue weighted by molar-refractivity contribution is 1.07. The lowest BCUT2D eigenvalue weighted by Gasteiger charge is -2.07. The van der Waals surface area contributed by atoms with Gasteiger partial charge in [0, 0.05) is 18.0 Å².